The van der Waals surface area contributed by atoms with Crippen LogP contribution in [0, 0.1) is 5.92 Å². The van der Waals surface area contributed by atoms with Crippen molar-refractivity contribution in [2.45, 2.75) is 51.2 Å². The van der Waals surface area contributed by atoms with Crippen molar-refractivity contribution in [1.29, 1.82) is 0 Å². The number of hydrazone groups is 1. The lowest BCUT2D eigenvalue weighted by atomic mass is 9.77. The molecule has 11 nitrogen and oxygen atoms in total. The summed E-state index contributed by atoms with van der Waals surface area (Å²) in [5.74, 6) is -0.0988. The Labute approximate surface area is 293 Å². The van der Waals surface area contributed by atoms with E-state index in [9.17, 15) is 14.4 Å². The van der Waals surface area contributed by atoms with Crippen molar-refractivity contribution in [3.8, 4) is 11.5 Å². The van der Waals surface area contributed by atoms with Gasteiger partial charge < -0.3 is 9.47 Å². The maximum absolute atomic E-state index is 14.3. The van der Waals surface area contributed by atoms with Gasteiger partial charge in [0, 0.05) is 5.92 Å². The molecule has 49 heavy (non-hydrogen) atoms. The van der Waals surface area contributed by atoms with Crippen LogP contribution in [0.3, 0.4) is 0 Å². The van der Waals surface area contributed by atoms with Crippen LogP contribution in [-0.4, -0.2) is 65.3 Å². The highest BCUT2D eigenvalue weighted by Crippen LogP contribution is 2.45. The van der Waals surface area contributed by atoms with Crippen LogP contribution < -0.4 is 14.4 Å². The molecular formula is C36H34Cl2N6O5. The molecule has 4 atom stereocenters. The van der Waals surface area contributed by atoms with Gasteiger partial charge in [-0.05, 0) is 92.3 Å². The molecule has 13 heteroatoms. The number of anilines is 1. The van der Waals surface area contributed by atoms with E-state index >= 15 is 0 Å². The molecule has 4 aliphatic rings. The highest BCUT2D eigenvalue weighted by Gasteiger charge is 2.56. The highest BCUT2D eigenvalue weighted by atomic mass is 35.5. The molecular weight excluding hydrogens is 667 g/mol. The number of para-hydroxylation sites is 1. The predicted molar refractivity (Wildman–Crippen MR) is 186 cm³/mol. The van der Waals surface area contributed by atoms with Crippen molar-refractivity contribution in [3.05, 3.63) is 93.5 Å². The third-order valence-corrected chi connectivity index (χ3v) is 9.75. The molecule has 0 aromatic heterocycles. The maximum Gasteiger partial charge on any atom is 0.264 e. The number of imide groups is 1. The van der Waals surface area contributed by atoms with E-state index in [1.54, 1.807) is 18.2 Å². The van der Waals surface area contributed by atoms with Gasteiger partial charge in [-0.25, -0.2) is 9.91 Å². The quantitative estimate of drug-likeness (QED) is 0.224. The number of halogens is 2. The predicted octanol–water partition coefficient (Wildman–Crippen LogP) is 6.91. The van der Waals surface area contributed by atoms with Crippen LogP contribution in [0.4, 0.5) is 5.69 Å². The van der Waals surface area contributed by atoms with Crippen molar-refractivity contribution < 1.29 is 23.9 Å². The van der Waals surface area contributed by atoms with Crippen LogP contribution >= 0.6 is 23.2 Å². The molecule has 0 unspecified atom stereocenters. The number of fused-ring (bicyclic) bond motifs is 2. The van der Waals surface area contributed by atoms with Gasteiger partial charge in [-0.15, -0.1) is 0 Å². The summed E-state index contributed by atoms with van der Waals surface area (Å²) >= 11 is 12.7. The molecule has 252 valence electrons. The molecule has 3 amide bonds. The van der Waals surface area contributed by atoms with E-state index in [0.29, 0.717) is 13.2 Å². The number of ether oxygens (including phenoxy) is 2. The zero-order valence-corrected chi connectivity index (χ0v) is 28.5. The molecule has 1 saturated heterocycles. The number of rotatable bonds is 9. The first-order valence-corrected chi connectivity index (χ1v) is 17.1. The molecule has 3 heterocycles. The van der Waals surface area contributed by atoms with E-state index in [4.69, 9.17) is 37.8 Å². The molecule has 3 aromatic rings. The van der Waals surface area contributed by atoms with E-state index in [0.717, 1.165) is 58.1 Å². The number of carbonyl (C=O) groups excluding carboxylic acids is 3. The first-order valence-electron chi connectivity index (χ1n) is 16.3. The highest BCUT2D eigenvalue weighted by molar-refractivity contribution is 6.42. The van der Waals surface area contributed by atoms with Crippen LogP contribution in [0.15, 0.2) is 87.7 Å². The van der Waals surface area contributed by atoms with Crippen LogP contribution in [0.1, 0.15) is 50.3 Å². The van der Waals surface area contributed by atoms with Crippen LogP contribution in [0.5, 0.6) is 11.5 Å². The number of allylic oxidation sites excluding steroid dienone is 1. The summed E-state index contributed by atoms with van der Waals surface area (Å²) in [5.41, 5.74) is 3.95. The topological polar surface area (TPSA) is 116 Å². The van der Waals surface area contributed by atoms with Crippen LogP contribution in [-0.2, 0) is 14.4 Å². The molecule has 0 radical (unpaired) electrons. The molecule has 7 rings (SSSR count). The number of carbonyl (C=O) groups is 3. The van der Waals surface area contributed by atoms with Gasteiger partial charge in [0.05, 0.1) is 40.7 Å². The number of nitrogens with zero attached hydrogens (tertiary/aromatic N) is 6. The molecule has 1 aliphatic carbocycles. The Hall–Kier alpha value is -4.74. The first kappa shape index (κ1) is 32.8. The maximum atomic E-state index is 14.3. The minimum atomic E-state index is -1.12. The van der Waals surface area contributed by atoms with E-state index in [1.165, 1.54) is 10.0 Å². The molecule has 1 saturated carbocycles. The summed E-state index contributed by atoms with van der Waals surface area (Å²) in [6.07, 6.45) is 4.72. The number of benzene rings is 3. The smallest absolute Gasteiger partial charge is 0.264 e. The van der Waals surface area contributed by atoms with Gasteiger partial charge in [0.25, 0.3) is 17.7 Å². The summed E-state index contributed by atoms with van der Waals surface area (Å²) in [6, 6.07) is 17.7. The second kappa shape index (κ2) is 13.6. The monoisotopic (exact) mass is 700 g/mol. The number of hydrogen-bond donors (Lipinski definition) is 0. The van der Waals surface area contributed by atoms with Gasteiger partial charge in [0.2, 0.25) is 0 Å². The fourth-order valence-electron chi connectivity index (χ4n) is 6.98. The minimum Gasteiger partial charge on any atom is -0.494 e. The van der Waals surface area contributed by atoms with E-state index < -0.39 is 29.9 Å². The summed E-state index contributed by atoms with van der Waals surface area (Å²) in [7, 11) is 0. The minimum absolute atomic E-state index is 0.0508. The largest absolute Gasteiger partial charge is 0.494 e. The Morgan fingerprint density at radius 3 is 2.20 bits per heavy atom. The molecule has 0 bridgehead atoms. The van der Waals surface area contributed by atoms with Gasteiger partial charge in [0.1, 0.15) is 18.0 Å². The third-order valence-electron chi connectivity index (χ3n) is 9.14. The lowest BCUT2D eigenvalue weighted by molar-refractivity contribution is -0.136. The molecule has 3 aromatic carbocycles. The van der Waals surface area contributed by atoms with Crippen molar-refractivity contribution in [2.75, 3.05) is 24.7 Å². The summed E-state index contributed by atoms with van der Waals surface area (Å²) in [6.45, 7) is 4.69. The summed E-state index contributed by atoms with van der Waals surface area (Å²) < 4.78 is 11.3. The van der Waals surface area contributed by atoms with E-state index in [-0.39, 0.29) is 34.1 Å². The number of hydrogen-bond acceptors (Lipinski definition) is 9. The van der Waals surface area contributed by atoms with Gasteiger partial charge in [0.15, 0.2) is 12.1 Å². The van der Waals surface area contributed by atoms with Gasteiger partial charge in [-0.2, -0.15) is 10.2 Å². The van der Waals surface area contributed by atoms with Crippen LogP contribution in [0.2, 0.25) is 10.0 Å². The normalized spacial score (nSPS) is 23.6. The Balaban J connectivity index is 1.19. The van der Waals surface area contributed by atoms with E-state index in [1.807, 2.05) is 62.4 Å². The molecule has 0 spiro atoms. The third kappa shape index (κ3) is 6.06. The Kier molecular flexibility index (Phi) is 9.13. The first-order chi connectivity index (χ1) is 23.8. The van der Waals surface area contributed by atoms with Crippen molar-refractivity contribution in [1.82, 2.24) is 10.0 Å². The molecule has 0 N–H and O–H groups in total. The fourth-order valence-corrected chi connectivity index (χ4v) is 7.55. The lowest BCUT2D eigenvalue weighted by Gasteiger charge is -2.30. The zero-order valence-electron chi connectivity index (χ0n) is 27.0. The fraction of sp³-hybridized carbons (Fsp3) is 0.333. The molecule has 3 aliphatic heterocycles. The Morgan fingerprint density at radius 1 is 0.898 bits per heavy atom. The van der Waals surface area contributed by atoms with Gasteiger partial charge in [-0.1, -0.05) is 58.8 Å². The second-order valence-electron chi connectivity index (χ2n) is 12.1. The van der Waals surface area contributed by atoms with Crippen LogP contribution in [0.25, 0.3) is 6.08 Å². The average Bonchev–Trinajstić information content (AvgIpc) is 3.76. The molecule has 2 fully saturated rings. The zero-order chi connectivity index (χ0) is 34.2. The Bertz CT molecular complexity index is 1860. The van der Waals surface area contributed by atoms with Crippen molar-refractivity contribution in [3.63, 3.8) is 0 Å². The van der Waals surface area contributed by atoms with Gasteiger partial charge >= 0.3 is 0 Å². The Morgan fingerprint density at radius 2 is 1.55 bits per heavy atom. The number of amides is 3. The van der Waals surface area contributed by atoms with Crippen molar-refractivity contribution in [2.24, 2.45) is 21.4 Å². The summed E-state index contributed by atoms with van der Waals surface area (Å²) in [4.78, 5) is 42.3. The second-order valence-corrected chi connectivity index (χ2v) is 12.9. The van der Waals surface area contributed by atoms with Gasteiger partial charge in [-0.3, -0.25) is 19.4 Å². The van der Waals surface area contributed by atoms with Crippen molar-refractivity contribution >= 4 is 58.4 Å². The summed E-state index contributed by atoms with van der Waals surface area (Å²) in [5, 5.41) is 16.3. The lowest BCUT2D eigenvalue weighted by Crippen LogP contribution is -2.45. The SMILES string of the molecule is CCOc1ccc(/C=C2\CCC[C@H]3C2=NN(C(=O)CN2N=N[C@@H]4C(=O)N(c5c(Cl)cccc5Cl)C(=O)[C@@H]42)[C@H]3c2ccc(OCC)cc2)cc1. The standard InChI is InChI=1S/C36H34Cl2N6O5/c1-3-48-24-15-11-21(12-16-24)19-23-7-5-8-26-30(23)40-44(32(26)22-13-17-25(18-14-22)49-4-2)29(45)20-42-34-31(39-41-42)35(46)43(36(34)47)33-27(37)9-6-10-28(33)38/h6,9-19,26,31-32,34H,3-5,7-8,20H2,1-2H3/b23-19+/t26-,31-,32-,34+/m0/s1. The van der Waals surface area contributed by atoms with E-state index in [2.05, 4.69) is 16.4 Å². The average molecular weight is 702 g/mol.